The first-order chi connectivity index (χ1) is 7.30. The van der Waals surface area contributed by atoms with Crippen LogP contribution in [0.4, 0.5) is 0 Å². The third-order valence-electron chi connectivity index (χ3n) is 3.42. The molecule has 0 aromatic rings. The normalized spacial score (nSPS) is 18.2. The SMILES string of the molecule is C1CCCC1.C[C-](C)C1CCCC1.[CH3-].[CH3-].[Cl][Ti+3]. The average molecular weight is 295 g/mol. The van der Waals surface area contributed by atoms with Gasteiger partial charge in [0.15, 0.2) is 0 Å². The van der Waals surface area contributed by atoms with Crippen LogP contribution in [0, 0.1) is 26.7 Å². The van der Waals surface area contributed by atoms with Crippen molar-refractivity contribution >= 4 is 9.30 Å². The van der Waals surface area contributed by atoms with Gasteiger partial charge in [0.2, 0.25) is 0 Å². The molecule has 0 aliphatic heterocycles. The molecule has 0 N–H and O–H groups in total. The second-order valence-corrected chi connectivity index (χ2v) is 4.83. The Bertz CT molecular complexity index is 108. The van der Waals surface area contributed by atoms with E-state index in [1.165, 1.54) is 77.2 Å². The molecule has 17 heavy (non-hydrogen) atoms. The summed E-state index contributed by atoms with van der Waals surface area (Å²) in [5, 5.41) is 0. The summed E-state index contributed by atoms with van der Waals surface area (Å²) in [6.45, 7) is 4.52. The minimum absolute atomic E-state index is 0. The zero-order valence-corrected chi connectivity index (χ0v) is 14.6. The van der Waals surface area contributed by atoms with Crippen LogP contribution < -0.4 is 0 Å². The summed E-state index contributed by atoms with van der Waals surface area (Å²) >= 11 is 1.47. The van der Waals surface area contributed by atoms with Crippen molar-refractivity contribution in [3.63, 3.8) is 0 Å². The summed E-state index contributed by atoms with van der Waals surface area (Å²) in [7, 11) is 4.64. The molecule has 0 amide bonds. The van der Waals surface area contributed by atoms with Crippen molar-refractivity contribution in [3.8, 4) is 0 Å². The first kappa shape index (κ1) is 23.1. The Kier molecular flexibility index (Phi) is 23.1. The monoisotopic (exact) mass is 294 g/mol. The van der Waals surface area contributed by atoms with E-state index in [1.807, 2.05) is 0 Å². The first-order valence-corrected chi connectivity index (χ1v) is 8.44. The van der Waals surface area contributed by atoms with E-state index in [-0.39, 0.29) is 14.9 Å². The summed E-state index contributed by atoms with van der Waals surface area (Å²) in [4.78, 5) is 0. The van der Waals surface area contributed by atoms with E-state index in [0.717, 1.165) is 5.92 Å². The van der Waals surface area contributed by atoms with Gasteiger partial charge in [0.1, 0.15) is 0 Å². The van der Waals surface area contributed by atoms with E-state index in [0.29, 0.717) is 0 Å². The summed E-state index contributed by atoms with van der Waals surface area (Å²) in [5.74, 6) is 2.62. The quantitative estimate of drug-likeness (QED) is 0.391. The predicted molar refractivity (Wildman–Crippen MR) is 78.3 cm³/mol. The van der Waals surface area contributed by atoms with Gasteiger partial charge in [-0.05, 0) is 0 Å². The Labute approximate surface area is 127 Å². The Morgan fingerprint density at radius 2 is 1.06 bits per heavy atom. The van der Waals surface area contributed by atoms with E-state index in [2.05, 4.69) is 23.2 Å². The maximum absolute atomic E-state index is 4.64. The van der Waals surface area contributed by atoms with Crippen LogP contribution in [0.2, 0.25) is 0 Å². The van der Waals surface area contributed by atoms with Crippen molar-refractivity contribution < 1.29 is 19.4 Å². The molecule has 0 unspecified atom stereocenters. The molecule has 0 heterocycles. The molecule has 0 radical (unpaired) electrons. The van der Waals surface area contributed by atoms with Crippen molar-refractivity contribution in [1.29, 1.82) is 0 Å². The van der Waals surface area contributed by atoms with Gasteiger partial charge in [0.25, 0.3) is 0 Å². The Balaban J connectivity index is -0.000000192. The van der Waals surface area contributed by atoms with Crippen LogP contribution in [0.3, 0.4) is 0 Å². The second-order valence-electron chi connectivity index (χ2n) is 4.83. The van der Waals surface area contributed by atoms with Gasteiger partial charge in [-0.1, -0.05) is 57.8 Å². The van der Waals surface area contributed by atoms with Crippen molar-refractivity contribution in [2.45, 2.75) is 71.6 Å². The molecule has 2 fully saturated rings. The van der Waals surface area contributed by atoms with Crippen LogP contribution in [0.15, 0.2) is 0 Å². The van der Waals surface area contributed by atoms with Gasteiger partial charge in [0, 0.05) is 0 Å². The number of halogens is 1. The number of hydrogen-bond acceptors (Lipinski definition) is 0. The van der Waals surface area contributed by atoms with Crippen molar-refractivity contribution in [2.75, 3.05) is 0 Å². The van der Waals surface area contributed by atoms with E-state index in [9.17, 15) is 0 Å². The third-order valence-corrected chi connectivity index (χ3v) is 3.42. The summed E-state index contributed by atoms with van der Waals surface area (Å²) in [6.07, 6.45) is 13.4. The van der Waals surface area contributed by atoms with Gasteiger partial charge in [-0.3, -0.25) is 0 Å². The van der Waals surface area contributed by atoms with Crippen molar-refractivity contribution in [1.82, 2.24) is 0 Å². The van der Waals surface area contributed by atoms with Gasteiger partial charge in [-0.2, -0.15) is 19.8 Å². The molecule has 0 spiro atoms. The van der Waals surface area contributed by atoms with E-state index < -0.39 is 0 Å². The van der Waals surface area contributed by atoms with Crippen LogP contribution in [0.1, 0.15) is 71.6 Å². The molecular formula is C15H31ClTi. The zero-order chi connectivity index (χ0) is 11.5. The molecule has 0 aromatic carbocycles. The summed E-state index contributed by atoms with van der Waals surface area (Å²) < 4.78 is 0. The van der Waals surface area contributed by atoms with Crippen molar-refractivity contribution in [3.05, 3.63) is 20.8 Å². The fraction of sp³-hybridized carbons (Fsp3) is 0.800. The molecule has 2 rings (SSSR count). The second kappa shape index (κ2) is 17.0. The Morgan fingerprint density at radius 3 is 1.24 bits per heavy atom. The van der Waals surface area contributed by atoms with Gasteiger partial charge in [0.05, 0.1) is 0 Å². The number of rotatable bonds is 1. The van der Waals surface area contributed by atoms with Crippen LogP contribution in [0.25, 0.3) is 0 Å². The molecule has 0 saturated heterocycles. The fourth-order valence-electron chi connectivity index (χ4n) is 2.39. The third kappa shape index (κ3) is 13.2. The van der Waals surface area contributed by atoms with Gasteiger partial charge in [-0.15, -0.1) is 0 Å². The average Bonchev–Trinajstić information content (AvgIpc) is 2.97. The number of hydrogen-bond donors (Lipinski definition) is 0. The predicted octanol–water partition coefficient (Wildman–Crippen LogP) is 6.33. The van der Waals surface area contributed by atoms with E-state index >= 15 is 0 Å². The molecule has 0 atom stereocenters. The van der Waals surface area contributed by atoms with Gasteiger partial charge >= 0.3 is 28.7 Å². The topological polar surface area (TPSA) is 0 Å². The summed E-state index contributed by atoms with van der Waals surface area (Å²) in [6, 6.07) is 0. The van der Waals surface area contributed by atoms with E-state index in [1.54, 1.807) is 5.92 Å². The zero-order valence-electron chi connectivity index (χ0n) is 12.3. The van der Waals surface area contributed by atoms with E-state index in [4.69, 9.17) is 0 Å². The molecule has 2 aliphatic rings. The van der Waals surface area contributed by atoms with Gasteiger partial charge < -0.3 is 20.8 Å². The maximum atomic E-state index is 4.64. The Hall–Kier alpha value is 1.00. The van der Waals surface area contributed by atoms with Crippen LogP contribution in [0.5, 0.6) is 0 Å². The first-order valence-electron chi connectivity index (χ1n) is 6.29. The van der Waals surface area contributed by atoms with Crippen LogP contribution in [-0.2, 0) is 19.4 Å². The molecule has 2 heteroatoms. The Morgan fingerprint density at radius 1 is 0.765 bits per heavy atom. The molecule has 0 nitrogen and oxygen atoms in total. The molecular weight excluding hydrogens is 263 g/mol. The van der Waals surface area contributed by atoms with Crippen LogP contribution >= 0.6 is 9.30 Å². The standard InChI is InChI=1S/C8H15.C5H10.2CH3.ClH.Ti/c1-7(2)8-5-3-4-6-8;1-2-4-5-3-1;;;;/h8H,3-6H2,1-2H3;1-5H2;2*1H3;1H;/q-1;;2*-1;;+4/p-1. The van der Waals surface area contributed by atoms with Gasteiger partial charge in [-0.25, -0.2) is 0 Å². The summed E-state index contributed by atoms with van der Waals surface area (Å²) in [5.41, 5.74) is 0. The molecule has 2 aliphatic carbocycles. The fourth-order valence-corrected chi connectivity index (χ4v) is 2.39. The molecule has 0 bridgehead atoms. The minimum atomic E-state index is 0. The van der Waals surface area contributed by atoms with Crippen LogP contribution in [-0.4, -0.2) is 0 Å². The molecule has 2 saturated carbocycles. The molecule has 0 aromatic heterocycles. The van der Waals surface area contributed by atoms with Crippen molar-refractivity contribution in [2.24, 2.45) is 5.92 Å². The molecule has 102 valence electrons.